The lowest BCUT2D eigenvalue weighted by atomic mass is 9.80. The Morgan fingerprint density at radius 3 is 2.62 bits per heavy atom. The zero-order valence-electron chi connectivity index (χ0n) is 14.3. The number of nitrogens with zero attached hydrogens (tertiary/aromatic N) is 2. The van der Waals surface area contributed by atoms with E-state index in [9.17, 15) is 13.6 Å². The van der Waals surface area contributed by atoms with Crippen molar-refractivity contribution in [1.82, 2.24) is 9.61 Å². The summed E-state index contributed by atoms with van der Waals surface area (Å²) >= 11 is 0. The Labute approximate surface area is 140 Å². The van der Waals surface area contributed by atoms with Crippen LogP contribution in [0.1, 0.15) is 70.1 Å². The minimum Gasteiger partial charge on any atom is -0.309 e. The second-order valence-corrected chi connectivity index (χ2v) is 7.72. The maximum absolute atomic E-state index is 13.3. The summed E-state index contributed by atoms with van der Waals surface area (Å²) in [6.07, 6.45) is 0.865. The Bertz CT molecular complexity index is 757. The first-order chi connectivity index (χ1) is 11.3. The van der Waals surface area contributed by atoms with Crippen LogP contribution in [-0.4, -0.2) is 15.5 Å². The van der Waals surface area contributed by atoms with Gasteiger partial charge in [0, 0.05) is 12.0 Å². The summed E-state index contributed by atoms with van der Waals surface area (Å²) in [5.74, 6) is 0.576. The summed E-state index contributed by atoms with van der Waals surface area (Å²) in [7, 11) is 0. The standard InChI is InChI=1S/C18H23F2N3O/c1-18(2,3)10-14(24)21-17-15(11-6-4-7-11)12-8-5-9-13(16(19)20)23(12)22-17/h5,8-9,11,16H,4,6-7,10H2,1-3H3,(H,21,22,24). The van der Waals surface area contributed by atoms with E-state index >= 15 is 0 Å². The Morgan fingerprint density at radius 1 is 1.38 bits per heavy atom. The number of nitrogens with one attached hydrogen (secondary N) is 1. The molecule has 0 aromatic carbocycles. The molecule has 1 fully saturated rings. The van der Waals surface area contributed by atoms with Gasteiger partial charge in [-0.15, -0.1) is 5.10 Å². The molecule has 0 radical (unpaired) electrons. The van der Waals surface area contributed by atoms with Crippen LogP contribution in [0, 0.1) is 5.41 Å². The molecule has 0 atom stereocenters. The average molecular weight is 335 g/mol. The van der Waals surface area contributed by atoms with E-state index in [2.05, 4.69) is 10.4 Å². The van der Waals surface area contributed by atoms with Gasteiger partial charge in [0.2, 0.25) is 5.91 Å². The molecule has 4 nitrogen and oxygen atoms in total. The monoisotopic (exact) mass is 335 g/mol. The van der Waals surface area contributed by atoms with Crippen LogP contribution < -0.4 is 5.32 Å². The third kappa shape index (κ3) is 3.28. The summed E-state index contributed by atoms with van der Waals surface area (Å²) in [6, 6.07) is 4.79. The van der Waals surface area contributed by atoms with Crippen LogP contribution in [0.3, 0.4) is 0 Å². The number of rotatable bonds is 4. The molecule has 2 aromatic heterocycles. The minimum atomic E-state index is -2.61. The smallest absolute Gasteiger partial charge is 0.280 e. The van der Waals surface area contributed by atoms with Crippen molar-refractivity contribution in [2.24, 2.45) is 5.41 Å². The van der Waals surface area contributed by atoms with E-state index in [4.69, 9.17) is 0 Å². The van der Waals surface area contributed by atoms with Crippen molar-refractivity contribution in [3.63, 3.8) is 0 Å². The molecule has 1 saturated carbocycles. The van der Waals surface area contributed by atoms with Gasteiger partial charge in [-0.1, -0.05) is 33.3 Å². The van der Waals surface area contributed by atoms with E-state index in [0.29, 0.717) is 17.8 Å². The molecular formula is C18H23F2N3O. The van der Waals surface area contributed by atoms with Crippen molar-refractivity contribution < 1.29 is 13.6 Å². The first-order valence-corrected chi connectivity index (χ1v) is 8.36. The molecule has 3 rings (SSSR count). The third-order valence-electron chi connectivity index (χ3n) is 4.41. The lowest BCUT2D eigenvalue weighted by molar-refractivity contribution is -0.117. The van der Waals surface area contributed by atoms with Crippen molar-refractivity contribution in [2.45, 2.75) is 58.8 Å². The minimum absolute atomic E-state index is 0.134. The molecule has 1 N–H and O–H groups in total. The van der Waals surface area contributed by atoms with Crippen LogP contribution in [-0.2, 0) is 4.79 Å². The lowest BCUT2D eigenvalue weighted by Crippen LogP contribution is -2.21. The number of alkyl halides is 2. The molecule has 6 heteroatoms. The Kier molecular flexibility index (Phi) is 4.32. The molecule has 0 bridgehead atoms. The van der Waals surface area contributed by atoms with Crippen LogP contribution >= 0.6 is 0 Å². The van der Waals surface area contributed by atoms with Gasteiger partial charge in [0.15, 0.2) is 5.82 Å². The molecule has 1 aliphatic rings. The highest BCUT2D eigenvalue weighted by molar-refractivity contribution is 5.92. The second kappa shape index (κ2) is 6.15. The SMILES string of the molecule is CC(C)(C)CC(=O)Nc1nn2c(C(F)F)cccc2c1C1CCC1. The molecule has 0 saturated heterocycles. The van der Waals surface area contributed by atoms with Gasteiger partial charge in [-0.2, -0.15) is 0 Å². The Morgan fingerprint density at radius 2 is 2.08 bits per heavy atom. The van der Waals surface area contributed by atoms with E-state index in [1.54, 1.807) is 12.1 Å². The highest BCUT2D eigenvalue weighted by Crippen LogP contribution is 2.42. The lowest BCUT2D eigenvalue weighted by Gasteiger charge is -2.26. The van der Waals surface area contributed by atoms with Crippen LogP contribution in [0.15, 0.2) is 18.2 Å². The normalized spacial score (nSPS) is 15.8. The number of carbonyl (C=O) groups is 1. The molecule has 2 aromatic rings. The fourth-order valence-corrected chi connectivity index (χ4v) is 3.12. The van der Waals surface area contributed by atoms with Gasteiger partial charge in [-0.25, -0.2) is 13.3 Å². The zero-order valence-corrected chi connectivity index (χ0v) is 14.3. The van der Waals surface area contributed by atoms with Gasteiger partial charge in [0.05, 0.1) is 5.52 Å². The molecule has 1 aliphatic carbocycles. The maximum atomic E-state index is 13.3. The molecule has 0 spiro atoms. The van der Waals surface area contributed by atoms with Crippen molar-refractivity contribution in [3.8, 4) is 0 Å². The molecule has 0 unspecified atom stereocenters. The average Bonchev–Trinajstić information content (AvgIpc) is 2.72. The van der Waals surface area contributed by atoms with Crippen molar-refractivity contribution in [3.05, 3.63) is 29.5 Å². The quantitative estimate of drug-likeness (QED) is 0.862. The number of fused-ring (bicyclic) bond motifs is 1. The fourth-order valence-electron chi connectivity index (χ4n) is 3.12. The van der Waals surface area contributed by atoms with Gasteiger partial charge in [-0.3, -0.25) is 4.79 Å². The molecular weight excluding hydrogens is 312 g/mol. The van der Waals surface area contributed by atoms with E-state index in [1.807, 2.05) is 20.8 Å². The molecule has 2 heterocycles. The van der Waals surface area contributed by atoms with Crippen LogP contribution in [0.2, 0.25) is 0 Å². The van der Waals surface area contributed by atoms with Gasteiger partial charge < -0.3 is 5.32 Å². The number of pyridine rings is 1. The number of hydrogen-bond acceptors (Lipinski definition) is 2. The number of amides is 1. The zero-order chi connectivity index (χ0) is 17.5. The van der Waals surface area contributed by atoms with Gasteiger partial charge in [0.25, 0.3) is 6.43 Å². The second-order valence-electron chi connectivity index (χ2n) is 7.72. The molecule has 24 heavy (non-hydrogen) atoms. The first-order valence-electron chi connectivity index (χ1n) is 8.36. The predicted molar refractivity (Wildman–Crippen MR) is 89.4 cm³/mol. The number of aromatic nitrogens is 2. The highest BCUT2D eigenvalue weighted by Gasteiger charge is 2.29. The van der Waals surface area contributed by atoms with Crippen molar-refractivity contribution >= 4 is 17.2 Å². The van der Waals surface area contributed by atoms with E-state index in [1.165, 1.54) is 10.6 Å². The van der Waals surface area contributed by atoms with E-state index in [-0.39, 0.29) is 22.9 Å². The topological polar surface area (TPSA) is 46.4 Å². The van der Waals surface area contributed by atoms with Gasteiger partial charge in [-0.05, 0) is 36.3 Å². The van der Waals surface area contributed by atoms with Crippen LogP contribution in [0.25, 0.3) is 5.52 Å². The number of anilines is 1. The Balaban J connectivity index is 2.02. The Hall–Kier alpha value is -1.98. The number of halogens is 2. The summed E-state index contributed by atoms with van der Waals surface area (Å²) in [5.41, 5.74) is 1.27. The van der Waals surface area contributed by atoms with Crippen LogP contribution in [0.5, 0.6) is 0 Å². The summed E-state index contributed by atoms with van der Waals surface area (Å²) < 4.78 is 27.8. The predicted octanol–water partition coefficient (Wildman–Crippen LogP) is 4.91. The van der Waals surface area contributed by atoms with E-state index in [0.717, 1.165) is 24.8 Å². The number of hydrogen-bond donors (Lipinski definition) is 1. The molecule has 1 amide bonds. The van der Waals surface area contributed by atoms with Gasteiger partial charge in [0.1, 0.15) is 5.69 Å². The summed E-state index contributed by atoms with van der Waals surface area (Å²) in [4.78, 5) is 12.3. The van der Waals surface area contributed by atoms with E-state index < -0.39 is 6.43 Å². The summed E-state index contributed by atoms with van der Waals surface area (Å²) in [5, 5.41) is 7.17. The fraction of sp³-hybridized carbons (Fsp3) is 0.556. The third-order valence-corrected chi connectivity index (χ3v) is 4.41. The van der Waals surface area contributed by atoms with Crippen molar-refractivity contribution in [2.75, 3.05) is 5.32 Å². The first kappa shape index (κ1) is 16.9. The maximum Gasteiger partial charge on any atom is 0.280 e. The molecule has 130 valence electrons. The molecule has 0 aliphatic heterocycles. The summed E-state index contributed by atoms with van der Waals surface area (Å²) in [6.45, 7) is 5.95. The van der Waals surface area contributed by atoms with Crippen molar-refractivity contribution in [1.29, 1.82) is 0 Å². The number of carbonyl (C=O) groups excluding carboxylic acids is 1. The largest absolute Gasteiger partial charge is 0.309 e. The van der Waals surface area contributed by atoms with Crippen LogP contribution in [0.4, 0.5) is 14.6 Å². The van der Waals surface area contributed by atoms with Gasteiger partial charge >= 0.3 is 0 Å². The highest BCUT2D eigenvalue weighted by atomic mass is 19.3.